The van der Waals surface area contributed by atoms with Crippen molar-refractivity contribution in [2.45, 2.75) is 40.9 Å². The van der Waals surface area contributed by atoms with Gasteiger partial charge in [-0.1, -0.05) is 0 Å². The average Bonchev–Trinajstić information content (AvgIpc) is 3.14. The summed E-state index contributed by atoms with van der Waals surface area (Å²) in [5, 5.41) is 4.24. The Balaban J connectivity index is 1.86. The van der Waals surface area contributed by atoms with Crippen molar-refractivity contribution in [3.8, 4) is 11.4 Å². The number of nitrogens with zero attached hydrogens (tertiary/aromatic N) is 3. The van der Waals surface area contributed by atoms with Gasteiger partial charge in [-0.3, -0.25) is 14.3 Å². The fourth-order valence-electron chi connectivity index (χ4n) is 3.40. The van der Waals surface area contributed by atoms with E-state index in [-0.39, 0.29) is 23.9 Å². The highest BCUT2D eigenvalue weighted by molar-refractivity contribution is 5.98. The van der Waals surface area contributed by atoms with Gasteiger partial charge in [0.2, 0.25) is 0 Å². The van der Waals surface area contributed by atoms with E-state index < -0.39 is 6.61 Å². The fraction of sp³-hybridized carbons (Fsp3) is 0.286. The first kappa shape index (κ1) is 20.4. The number of ketones is 2. The summed E-state index contributed by atoms with van der Waals surface area (Å²) in [6.07, 6.45) is 1.58. The van der Waals surface area contributed by atoms with Gasteiger partial charge in [0.1, 0.15) is 12.3 Å². The minimum absolute atomic E-state index is 0.0135. The van der Waals surface area contributed by atoms with E-state index in [0.29, 0.717) is 16.8 Å². The number of Topliss-reactive ketones (excluding diaryl/α,β-unsaturated/α-hetero) is 2. The quantitative estimate of drug-likeness (QED) is 0.554. The van der Waals surface area contributed by atoms with E-state index in [9.17, 15) is 18.4 Å². The summed E-state index contributed by atoms with van der Waals surface area (Å²) in [6, 6.07) is 8.00. The molecule has 0 atom stereocenters. The zero-order valence-corrected chi connectivity index (χ0v) is 16.6. The molecule has 1 aromatic carbocycles. The molecule has 3 aromatic rings. The summed E-state index contributed by atoms with van der Waals surface area (Å²) in [7, 11) is 0. The lowest BCUT2D eigenvalue weighted by atomic mass is 10.1. The molecule has 3 rings (SSSR count). The van der Waals surface area contributed by atoms with Crippen molar-refractivity contribution < 1.29 is 23.1 Å². The molecule has 29 heavy (non-hydrogen) atoms. The first-order chi connectivity index (χ1) is 13.7. The summed E-state index contributed by atoms with van der Waals surface area (Å²) in [4.78, 5) is 24.4. The lowest BCUT2D eigenvalue weighted by Crippen LogP contribution is -2.12. The minimum Gasteiger partial charge on any atom is -0.435 e. The number of ether oxygens (including phenoxy) is 1. The molecule has 0 saturated carbocycles. The number of benzene rings is 1. The maximum Gasteiger partial charge on any atom is 0.387 e. The fourth-order valence-corrected chi connectivity index (χ4v) is 3.40. The van der Waals surface area contributed by atoms with Crippen LogP contribution in [-0.4, -0.2) is 32.5 Å². The summed E-state index contributed by atoms with van der Waals surface area (Å²) in [6.45, 7) is 4.00. The maximum atomic E-state index is 12.8. The van der Waals surface area contributed by atoms with Gasteiger partial charge in [0, 0.05) is 28.8 Å². The number of hydrogen-bond acceptors (Lipinski definition) is 4. The smallest absolute Gasteiger partial charge is 0.387 e. The standard InChI is InChI=1S/C21H21F2N3O3/c1-12-9-18(20(28)11-25-10-19(15(4)27)13(2)24-25)14(3)26(12)16-5-7-17(8-6-16)29-21(22)23/h5-10,21H,11H2,1-4H3. The van der Waals surface area contributed by atoms with Gasteiger partial charge in [-0.25, -0.2) is 0 Å². The van der Waals surface area contributed by atoms with E-state index in [1.54, 1.807) is 31.3 Å². The number of carbonyl (C=O) groups is 2. The van der Waals surface area contributed by atoms with Gasteiger partial charge >= 0.3 is 6.61 Å². The van der Waals surface area contributed by atoms with Crippen LogP contribution in [0.2, 0.25) is 0 Å². The molecule has 152 valence electrons. The predicted molar refractivity (Wildman–Crippen MR) is 103 cm³/mol. The topological polar surface area (TPSA) is 66.1 Å². The summed E-state index contributed by atoms with van der Waals surface area (Å²) in [5.74, 6) is -0.170. The van der Waals surface area contributed by atoms with E-state index in [4.69, 9.17) is 0 Å². The molecule has 0 spiro atoms. The van der Waals surface area contributed by atoms with Crippen LogP contribution in [0.4, 0.5) is 8.78 Å². The number of hydrogen-bond donors (Lipinski definition) is 0. The van der Waals surface area contributed by atoms with Crippen LogP contribution in [0.25, 0.3) is 5.69 Å². The Hall–Kier alpha value is -3.29. The third-order valence-corrected chi connectivity index (χ3v) is 4.68. The maximum absolute atomic E-state index is 12.8. The monoisotopic (exact) mass is 401 g/mol. The number of alkyl halides is 2. The molecule has 0 saturated heterocycles. The molecular weight excluding hydrogens is 380 g/mol. The number of rotatable bonds is 7. The van der Waals surface area contributed by atoms with Crippen molar-refractivity contribution in [1.82, 2.24) is 14.3 Å². The van der Waals surface area contributed by atoms with Crippen LogP contribution in [0.3, 0.4) is 0 Å². The van der Waals surface area contributed by atoms with Crippen molar-refractivity contribution >= 4 is 11.6 Å². The molecule has 8 heteroatoms. The van der Waals surface area contributed by atoms with Gasteiger partial charge < -0.3 is 9.30 Å². The zero-order valence-electron chi connectivity index (χ0n) is 16.6. The molecule has 0 aliphatic heterocycles. The third kappa shape index (κ3) is 4.26. The van der Waals surface area contributed by atoms with Gasteiger partial charge in [-0.2, -0.15) is 13.9 Å². The SMILES string of the molecule is CC(=O)c1cn(CC(=O)c2cc(C)n(-c3ccc(OC(F)F)cc3)c2C)nc1C. The van der Waals surface area contributed by atoms with E-state index in [1.807, 2.05) is 18.4 Å². The molecule has 0 unspecified atom stereocenters. The largest absolute Gasteiger partial charge is 0.435 e. The number of halogens is 2. The molecule has 2 aromatic heterocycles. The Morgan fingerprint density at radius 2 is 1.76 bits per heavy atom. The second-order valence-electron chi connectivity index (χ2n) is 6.80. The summed E-state index contributed by atoms with van der Waals surface area (Å²) in [5.41, 5.74) is 3.90. The number of aromatic nitrogens is 3. The number of carbonyl (C=O) groups excluding carboxylic acids is 2. The lowest BCUT2D eigenvalue weighted by molar-refractivity contribution is -0.0498. The third-order valence-electron chi connectivity index (χ3n) is 4.68. The molecule has 0 radical (unpaired) electrons. The molecular formula is C21H21F2N3O3. The molecule has 0 bridgehead atoms. The van der Waals surface area contributed by atoms with Crippen LogP contribution >= 0.6 is 0 Å². The van der Waals surface area contributed by atoms with E-state index in [2.05, 4.69) is 9.84 Å². The molecule has 0 amide bonds. The van der Waals surface area contributed by atoms with Crippen molar-refractivity contribution in [3.63, 3.8) is 0 Å². The highest BCUT2D eigenvalue weighted by atomic mass is 19.3. The minimum atomic E-state index is -2.88. The molecule has 0 aliphatic carbocycles. The zero-order chi connectivity index (χ0) is 21.3. The van der Waals surface area contributed by atoms with Gasteiger partial charge in [0.05, 0.1) is 11.3 Å². The van der Waals surface area contributed by atoms with Crippen molar-refractivity contribution in [2.75, 3.05) is 0 Å². The second-order valence-corrected chi connectivity index (χ2v) is 6.80. The van der Waals surface area contributed by atoms with Gasteiger partial charge in [-0.15, -0.1) is 0 Å². The van der Waals surface area contributed by atoms with Crippen molar-refractivity contribution in [1.29, 1.82) is 0 Å². The van der Waals surface area contributed by atoms with Gasteiger partial charge in [0.25, 0.3) is 0 Å². The van der Waals surface area contributed by atoms with Crippen LogP contribution in [0, 0.1) is 20.8 Å². The first-order valence-corrected chi connectivity index (χ1v) is 8.99. The lowest BCUT2D eigenvalue weighted by Gasteiger charge is -2.11. The van der Waals surface area contributed by atoms with Crippen molar-refractivity contribution in [3.05, 3.63) is 64.7 Å². The molecule has 0 aliphatic rings. The van der Waals surface area contributed by atoms with E-state index >= 15 is 0 Å². The Kier molecular flexibility index (Phi) is 5.63. The average molecular weight is 401 g/mol. The van der Waals surface area contributed by atoms with Crippen LogP contribution < -0.4 is 4.74 Å². The first-order valence-electron chi connectivity index (χ1n) is 8.99. The summed E-state index contributed by atoms with van der Waals surface area (Å²) < 4.78 is 32.4. The molecule has 6 nitrogen and oxygen atoms in total. The van der Waals surface area contributed by atoms with Crippen molar-refractivity contribution in [2.24, 2.45) is 0 Å². The molecule has 0 N–H and O–H groups in total. The second kappa shape index (κ2) is 7.98. The summed E-state index contributed by atoms with van der Waals surface area (Å²) >= 11 is 0. The number of aryl methyl sites for hydroxylation is 2. The Bertz CT molecular complexity index is 1070. The van der Waals surface area contributed by atoms with Crippen LogP contribution in [0.15, 0.2) is 36.5 Å². The highest BCUT2D eigenvalue weighted by Gasteiger charge is 2.19. The Morgan fingerprint density at radius 1 is 1.10 bits per heavy atom. The predicted octanol–water partition coefficient (Wildman–Crippen LogP) is 4.29. The van der Waals surface area contributed by atoms with Gasteiger partial charge in [-0.05, 0) is 58.0 Å². The molecule has 0 fully saturated rings. The van der Waals surface area contributed by atoms with Crippen LogP contribution in [0.1, 0.15) is 44.7 Å². The highest BCUT2D eigenvalue weighted by Crippen LogP contribution is 2.24. The van der Waals surface area contributed by atoms with Crippen LogP contribution in [-0.2, 0) is 6.54 Å². The molecule has 2 heterocycles. The van der Waals surface area contributed by atoms with E-state index in [0.717, 1.165) is 17.1 Å². The Morgan fingerprint density at radius 3 is 2.31 bits per heavy atom. The van der Waals surface area contributed by atoms with E-state index in [1.165, 1.54) is 23.7 Å². The van der Waals surface area contributed by atoms with Crippen LogP contribution in [0.5, 0.6) is 5.75 Å². The van der Waals surface area contributed by atoms with Gasteiger partial charge in [0.15, 0.2) is 11.6 Å². The normalized spacial score (nSPS) is 11.1. The Labute approximate surface area is 166 Å².